The van der Waals surface area contributed by atoms with Crippen LogP contribution in [-0.2, 0) is 19.7 Å². The molecule has 0 radical (unpaired) electrons. The van der Waals surface area contributed by atoms with E-state index in [1.807, 2.05) is 0 Å². The van der Waals surface area contributed by atoms with E-state index < -0.39 is 22.3 Å². The molecule has 0 atom stereocenters. The first-order valence-corrected chi connectivity index (χ1v) is 6.24. The number of carbonyl (C=O) groups excluding carboxylic acids is 1. The lowest BCUT2D eigenvalue weighted by molar-refractivity contribution is -0.140. The molecule has 0 saturated carbocycles. The van der Waals surface area contributed by atoms with Crippen LogP contribution in [0.2, 0.25) is 0 Å². The van der Waals surface area contributed by atoms with E-state index >= 15 is 0 Å². The lowest BCUT2D eigenvalue weighted by Crippen LogP contribution is -2.57. The molecule has 0 aromatic heterocycles. The molecule has 16 heavy (non-hydrogen) atoms. The third-order valence-corrected chi connectivity index (χ3v) is 4.33. The van der Waals surface area contributed by atoms with Gasteiger partial charge >= 0.3 is 5.97 Å². The number of aliphatic hydroxyl groups excluding tert-OH is 1. The van der Waals surface area contributed by atoms with Crippen molar-refractivity contribution in [3.8, 4) is 0 Å². The van der Waals surface area contributed by atoms with Gasteiger partial charge in [0.15, 0.2) is 0 Å². The van der Waals surface area contributed by atoms with Gasteiger partial charge in [-0.25, -0.2) is 0 Å². The topological polar surface area (TPSA) is 87.2 Å². The van der Waals surface area contributed by atoms with Gasteiger partial charge in [0.25, 0.3) is 10.2 Å². The fraction of sp³-hybridized carbons (Fsp3) is 0.875. The molecule has 0 amide bonds. The van der Waals surface area contributed by atoms with Crippen molar-refractivity contribution >= 4 is 16.2 Å². The fourth-order valence-electron chi connectivity index (χ4n) is 1.27. The molecule has 0 unspecified atom stereocenters. The lowest BCUT2D eigenvalue weighted by atomic mass is 10.2. The molecule has 0 aromatic rings. The van der Waals surface area contributed by atoms with E-state index in [0.29, 0.717) is 0 Å². The second kappa shape index (κ2) is 5.09. The van der Waals surface area contributed by atoms with Gasteiger partial charge in [-0.15, -0.1) is 0 Å². The second-order valence-corrected chi connectivity index (χ2v) is 5.66. The van der Waals surface area contributed by atoms with Gasteiger partial charge in [0.2, 0.25) is 0 Å². The summed E-state index contributed by atoms with van der Waals surface area (Å²) in [6.07, 6.45) is -0.563. The maximum Gasteiger partial charge on any atom is 0.306 e. The van der Waals surface area contributed by atoms with E-state index in [1.54, 1.807) is 0 Å². The molecule has 7 nitrogen and oxygen atoms in total. The summed E-state index contributed by atoms with van der Waals surface area (Å²) in [5.74, 6) is -0.453. The third kappa shape index (κ3) is 2.91. The number of esters is 1. The zero-order chi connectivity index (χ0) is 12.3. The van der Waals surface area contributed by atoms with Crippen molar-refractivity contribution in [2.24, 2.45) is 0 Å². The van der Waals surface area contributed by atoms with Crippen LogP contribution >= 0.6 is 0 Å². The highest BCUT2D eigenvalue weighted by molar-refractivity contribution is 7.86. The monoisotopic (exact) mass is 252 g/mol. The number of ether oxygens (including phenoxy) is 1. The highest BCUT2D eigenvalue weighted by Gasteiger charge is 2.36. The summed E-state index contributed by atoms with van der Waals surface area (Å²) in [5.41, 5.74) is 0. The smallest absolute Gasteiger partial charge is 0.306 e. The van der Waals surface area contributed by atoms with Gasteiger partial charge in [0.1, 0.15) is 0 Å². The van der Waals surface area contributed by atoms with Gasteiger partial charge in [0.05, 0.1) is 19.6 Å². The molecule has 1 saturated heterocycles. The van der Waals surface area contributed by atoms with Crippen LogP contribution in [0.5, 0.6) is 0 Å². The predicted molar refractivity (Wildman–Crippen MR) is 55.8 cm³/mol. The molecule has 1 fully saturated rings. The first-order valence-electron chi connectivity index (χ1n) is 4.84. The van der Waals surface area contributed by atoms with Crippen LogP contribution in [0.1, 0.15) is 6.42 Å². The molecule has 8 heteroatoms. The fourth-order valence-corrected chi connectivity index (χ4v) is 2.71. The largest absolute Gasteiger partial charge is 0.469 e. The molecule has 0 spiro atoms. The van der Waals surface area contributed by atoms with Crippen molar-refractivity contribution in [3.63, 3.8) is 0 Å². The van der Waals surface area contributed by atoms with Crippen LogP contribution in [0.25, 0.3) is 0 Å². The number of aliphatic hydroxyl groups is 1. The van der Waals surface area contributed by atoms with E-state index in [-0.39, 0.29) is 26.1 Å². The van der Waals surface area contributed by atoms with E-state index in [9.17, 15) is 13.2 Å². The number of methoxy groups -OCH3 is 1. The minimum atomic E-state index is -3.54. The summed E-state index contributed by atoms with van der Waals surface area (Å²) in [5, 5.41) is 9.02. The SMILES string of the molecule is COC(=O)CCN(C)S(=O)(=O)N1CC(O)C1. The van der Waals surface area contributed by atoms with Crippen molar-refractivity contribution in [3.05, 3.63) is 0 Å². The second-order valence-electron chi connectivity index (χ2n) is 3.63. The highest BCUT2D eigenvalue weighted by atomic mass is 32.2. The van der Waals surface area contributed by atoms with E-state index in [2.05, 4.69) is 4.74 Å². The average molecular weight is 252 g/mol. The number of β-amino-alcohol motifs (C(OH)–C–C–N with tert-alkyl or cyclic N) is 1. The van der Waals surface area contributed by atoms with Crippen LogP contribution in [0.3, 0.4) is 0 Å². The molecule has 1 heterocycles. The maximum atomic E-state index is 11.7. The standard InChI is InChI=1S/C8H16N2O5S/c1-9(4-3-8(12)15-2)16(13,14)10-5-7(11)6-10/h7,11H,3-6H2,1-2H3. The minimum absolute atomic E-state index is 0.0165. The number of carbonyl (C=O) groups is 1. The lowest BCUT2D eigenvalue weighted by Gasteiger charge is -2.37. The number of nitrogens with zero attached hydrogens (tertiary/aromatic N) is 2. The summed E-state index contributed by atoms with van der Waals surface area (Å²) in [6, 6.07) is 0. The van der Waals surface area contributed by atoms with Crippen LogP contribution in [0.15, 0.2) is 0 Å². The minimum Gasteiger partial charge on any atom is -0.469 e. The first-order chi connectivity index (χ1) is 7.37. The predicted octanol–water partition coefficient (Wildman–Crippen LogP) is -1.60. The molecule has 1 aliphatic heterocycles. The Morgan fingerprint density at radius 3 is 2.56 bits per heavy atom. The molecule has 0 bridgehead atoms. The molecular formula is C8H16N2O5S. The van der Waals surface area contributed by atoms with Crippen LogP contribution in [0.4, 0.5) is 0 Å². The molecule has 1 N–H and O–H groups in total. The van der Waals surface area contributed by atoms with Crippen molar-refractivity contribution < 1.29 is 23.1 Å². The summed E-state index contributed by atoms with van der Waals surface area (Å²) in [6.45, 7) is 0.303. The van der Waals surface area contributed by atoms with Crippen LogP contribution in [-0.4, -0.2) is 68.0 Å². The molecule has 0 aromatic carbocycles. The maximum absolute atomic E-state index is 11.7. The number of rotatable bonds is 5. The summed E-state index contributed by atoms with van der Waals surface area (Å²) in [4.78, 5) is 10.9. The van der Waals surface area contributed by atoms with Crippen molar-refractivity contribution in [1.82, 2.24) is 8.61 Å². The zero-order valence-corrected chi connectivity index (χ0v) is 10.1. The Labute approximate surface area is 94.8 Å². The van der Waals surface area contributed by atoms with Gasteiger partial charge in [0, 0.05) is 26.7 Å². The van der Waals surface area contributed by atoms with Crippen LogP contribution < -0.4 is 0 Å². The Kier molecular flexibility index (Phi) is 4.25. The Hall–Kier alpha value is -0.700. The van der Waals surface area contributed by atoms with Gasteiger partial charge in [-0.1, -0.05) is 0 Å². The van der Waals surface area contributed by atoms with Gasteiger partial charge < -0.3 is 9.84 Å². The third-order valence-electron chi connectivity index (χ3n) is 2.41. The Balaban J connectivity index is 2.46. The quantitative estimate of drug-likeness (QED) is 0.596. The Bertz CT molecular complexity index is 349. The van der Waals surface area contributed by atoms with Crippen LogP contribution in [0, 0.1) is 0 Å². The number of hydrogen-bond donors (Lipinski definition) is 1. The van der Waals surface area contributed by atoms with Crippen molar-refractivity contribution in [1.29, 1.82) is 0 Å². The van der Waals surface area contributed by atoms with Gasteiger partial charge in [-0.2, -0.15) is 17.0 Å². The van der Waals surface area contributed by atoms with E-state index in [4.69, 9.17) is 5.11 Å². The highest BCUT2D eigenvalue weighted by Crippen LogP contribution is 2.16. The van der Waals surface area contributed by atoms with Crippen molar-refractivity contribution in [2.45, 2.75) is 12.5 Å². The summed E-state index contributed by atoms with van der Waals surface area (Å²) >= 11 is 0. The molecular weight excluding hydrogens is 236 g/mol. The number of hydrogen-bond acceptors (Lipinski definition) is 5. The summed E-state index contributed by atoms with van der Waals surface area (Å²) in [7, 11) is -0.896. The van der Waals surface area contributed by atoms with E-state index in [1.165, 1.54) is 14.2 Å². The van der Waals surface area contributed by atoms with Gasteiger partial charge in [-0.05, 0) is 0 Å². The Morgan fingerprint density at radius 1 is 1.56 bits per heavy atom. The first kappa shape index (κ1) is 13.4. The van der Waals surface area contributed by atoms with Gasteiger partial charge in [-0.3, -0.25) is 4.79 Å². The summed E-state index contributed by atoms with van der Waals surface area (Å²) < 4.78 is 30.2. The average Bonchev–Trinajstić information content (AvgIpc) is 2.20. The zero-order valence-electron chi connectivity index (χ0n) is 9.29. The molecule has 1 rings (SSSR count). The molecule has 94 valence electrons. The molecule has 1 aliphatic rings. The normalized spacial score (nSPS) is 18.5. The van der Waals surface area contributed by atoms with Crippen molar-refractivity contribution in [2.75, 3.05) is 33.8 Å². The van der Waals surface area contributed by atoms with E-state index in [0.717, 1.165) is 8.61 Å². The Morgan fingerprint density at radius 2 is 2.12 bits per heavy atom. The molecule has 0 aliphatic carbocycles.